The molecule has 0 radical (unpaired) electrons. The number of nitro groups is 1. The Bertz CT molecular complexity index is 660. The lowest BCUT2D eigenvalue weighted by molar-refractivity contribution is -0.385. The van der Waals surface area contributed by atoms with Crippen molar-refractivity contribution in [3.05, 3.63) is 46.5 Å². The number of anilines is 1. The Labute approximate surface area is 126 Å². The van der Waals surface area contributed by atoms with Crippen molar-refractivity contribution in [1.82, 2.24) is 0 Å². The second-order valence-electron chi connectivity index (χ2n) is 4.04. The molecule has 0 aliphatic carbocycles. The molecule has 22 heavy (non-hydrogen) atoms. The number of hydrogen-bond donors (Lipinski definition) is 3. The van der Waals surface area contributed by atoms with E-state index in [1.807, 2.05) is 0 Å². The van der Waals surface area contributed by atoms with E-state index in [1.54, 1.807) is 6.07 Å². The van der Waals surface area contributed by atoms with E-state index in [9.17, 15) is 10.1 Å². The molecule has 8 heteroatoms. The Hall–Kier alpha value is -3.16. The van der Waals surface area contributed by atoms with Gasteiger partial charge in [-0.1, -0.05) is 0 Å². The van der Waals surface area contributed by atoms with Crippen molar-refractivity contribution in [2.45, 2.75) is 0 Å². The van der Waals surface area contributed by atoms with Crippen LogP contribution in [0.5, 0.6) is 23.0 Å². The molecule has 0 aliphatic rings. The van der Waals surface area contributed by atoms with Crippen LogP contribution in [0.3, 0.4) is 0 Å². The standard InChI is InChI=1S/C7H7NO4.C7H9NO2/c1-12-7-4-5(9)2-3-6(7)8(10)11;1-10-7-4-5(9)2-3-6(7)8/h2-4,9H,1H3;2-4,9H,8H2,1H3. The van der Waals surface area contributed by atoms with Crippen molar-refractivity contribution in [2.24, 2.45) is 0 Å². The third-order valence-electron chi connectivity index (χ3n) is 2.58. The SMILES string of the molecule is COc1cc(O)ccc1N.COc1cc(O)ccc1[N+](=O)[O-]. The van der Waals surface area contributed by atoms with E-state index in [-0.39, 0.29) is 22.9 Å². The van der Waals surface area contributed by atoms with Gasteiger partial charge in [0.2, 0.25) is 5.75 Å². The smallest absolute Gasteiger partial charge is 0.311 e. The van der Waals surface area contributed by atoms with Gasteiger partial charge in [0.25, 0.3) is 0 Å². The fraction of sp³-hybridized carbons (Fsp3) is 0.143. The van der Waals surface area contributed by atoms with Crippen LogP contribution in [-0.2, 0) is 0 Å². The van der Waals surface area contributed by atoms with Crippen molar-refractivity contribution in [2.75, 3.05) is 20.0 Å². The number of phenols is 2. The third kappa shape index (κ3) is 4.44. The van der Waals surface area contributed by atoms with Crippen molar-refractivity contribution in [3.63, 3.8) is 0 Å². The molecule has 0 fully saturated rings. The summed E-state index contributed by atoms with van der Waals surface area (Å²) in [5.41, 5.74) is 5.83. The average molecular weight is 308 g/mol. The van der Waals surface area contributed by atoms with Crippen LogP contribution in [0.1, 0.15) is 0 Å². The van der Waals surface area contributed by atoms with E-state index in [1.165, 1.54) is 44.6 Å². The van der Waals surface area contributed by atoms with E-state index in [0.717, 1.165) is 0 Å². The average Bonchev–Trinajstić information content (AvgIpc) is 2.49. The minimum absolute atomic E-state index is 0.0556. The molecule has 0 spiro atoms. The van der Waals surface area contributed by atoms with E-state index in [2.05, 4.69) is 4.74 Å². The number of aromatic hydroxyl groups is 2. The summed E-state index contributed by atoms with van der Waals surface area (Å²) < 4.78 is 9.53. The maximum absolute atomic E-state index is 10.3. The molecular weight excluding hydrogens is 292 g/mol. The van der Waals surface area contributed by atoms with E-state index in [0.29, 0.717) is 11.4 Å². The molecule has 0 atom stereocenters. The van der Waals surface area contributed by atoms with Crippen molar-refractivity contribution < 1.29 is 24.6 Å². The van der Waals surface area contributed by atoms with Gasteiger partial charge < -0.3 is 25.4 Å². The first kappa shape index (κ1) is 16.9. The number of ether oxygens (including phenoxy) is 2. The van der Waals surface area contributed by atoms with Gasteiger partial charge in [0, 0.05) is 18.2 Å². The molecule has 0 unspecified atom stereocenters. The number of nitrogen functional groups attached to an aromatic ring is 1. The zero-order valence-corrected chi connectivity index (χ0v) is 12.0. The molecule has 0 heterocycles. The van der Waals surface area contributed by atoms with E-state index < -0.39 is 4.92 Å². The van der Waals surface area contributed by atoms with Crippen LogP contribution in [0.25, 0.3) is 0 Å². The number of nitrogens with two attached hydrogens (primary N) is 1. The number of rotatable bonds is 3. The predicted molar refractivity (Wildman–Crippen MR) is 80.4 cm³/mol. The third-order valence-corrected chi connectivity index (χ3v) is 2.58. The topological polar surface area (TPSA) is 128 Å². The van der Waals surface area contributed by atoms with Gasteiger partial charge in [-0.3, -0.25) is 10.1 Å². The fourth-order valence-electron chi connectivity index (χ4n) is 1.52. The van der Waals surface area contributed by atoms with Crippen LogP contribution in [-0.4, -0.2) is 29.4 Å². The molecule has 0 aliphatic heterocycles. The minimum Gasteiger partial charge on any atom is -0.508 e. The summed E-state index contributed by atoms with van der Waals surface area (Å²) in [7, 11) is 2.81. The molecule has 4 N–H and O–H groups in total. The second kappa shape index (κ2) is 7.58. The summed E-state index contributed by atoms with van der Waals surface area (Å²) in [5, 5.41) is 28.2. The molecule has 118 valence electrons. The van der Waals surface area contributed by atoms with Crippen LogP contribution in [0.15, 0.2) is 36.4 Å². The summed E-state index contributed by atoms with van der Waals surface area (Å²) in [6.07, 6.45) is 0. The number of hydrogen-bond acceptors (Lipinski definition) is 7. The molecule has 0 aromatic heterocycles. The second-order valence-corrected chi connectivity index (χ2v) is 4.04. The Morgan fingerprint density at radius 1 is 1.00 bits per heavy atom. The highest BCUT2D eigenvalue weighted by Gasteiger charge is 2.13. The number of methoxy groups -OCH3 is 2. The van der Waals surface area contributed by atoms with Gasteiger partial charge in [0.15, 0.2) is 0 Å². The zero-order chi connectivity index (χ0) is 16.7. The monoisotopic (exact) mass is 308 g/mol. The van der Waals surface area contributed by atoms with Crippen molar-refractivity contribution >= 4 is 11.4 Å². The van der Waals surface area contributed by atoms with Gasteiger partial charge in [-0.25, -0.2) is 0 Å². The van der Waals surface area contributed by atoms with E-state index >= 15 is 0 Å². The molecule has 0 saturated heterocycles. The number of phenolic OH excluding ortho intramolecular Hbond substituents is 2. The highest BCUT2D eigenvalue weighted by Crippen LogP contribution is 2.29. The van der Waals surface area contributed by atoms with Crippen molar-refractivity contribution in [1.29, 1.82) is 0 Å². The van der Waals surface area contributed by atoms with Crippen LogP contribution >= 0.6 is 0 Å². The summed E-state index contributed by atoms with van der Waals surface area (Å²) in [5.74, 6) is 0.656. The van der Waals surface area contributed by atoms with Crippen molar-refractivity contribution in [3.8, 4) is 23.0 Å². The first-order valence-corrected chi connectivity index (χ1v) is 6.03. The predicted octanol–water partition coefficient (Wildman–Crippen LogP) is 2.29. The summed E-state index contributed by atoms with van der Waals surface area (Å²) >= 11 is 0. The molecule has 0 saturated carbocycles. The van der Waals surface area contributed by atoms with Gasteiger partial charge in [-0.2, -0.15) is 0 Å². The van der Waals surface area contributed by atoms with Crippen LogP contribution in [0, 0.1) is 10.1 Å². The lowest BCUT2D eigenvalue weighted by atomic mass is 10.3. The largest absolute Gasteiger partial charge is 0.508 e. The highest BCUT2D eigenvalue weighted by atomic mass is 16.6. The zero-order valence-electron chi connectivity index (χ0n) is 12.0. The first-order chi connectivity index (χ1) is 10.4. The number of nitrogens with zero attached hydrogens (tertiary/aromatic N) is 1. The molecule has 8 nitrogen and oxygen atoms in total. The van der Waals surface area contributed by atoms with Crippen LogP contribution in [0.4, 0.5) is 11.4 Å². The first-order valence-electron chi connectivity index (χ1n) is 6.03. The quantitative estimate of drug-likeness (QED) is 0.343. The lowest BCUT2D eigenvalue weighted by Crippen LogP contribution is -1.92. The number of benzene rings is 2. The maximum atomic E-state index is 10.3. The minimum atomic E-state index is -0.571. The van der Waals surface area contributed by atoms with E-state index in [4.69, 9.17) is 20.7 Å². The van der Waals surface area contributed by atoms with Gasteiger partial charge in [0.05, 0.1) is 24.8 Å². The van der Waals surface area contributed by atoms with Gasteiger partial charge in [0.1, 0.15) is 17.2 Å². The Morgan fingerprint density at radius 3 is 1.95 bits per heavy atom. The fourth-order valence-corrected chi connectivity index (χ4v) is 1.52. The Balaban J connectivity index is 0.000000224. The van der Waals surface area contributed by atoms with Crippen LogP contribution in [0.2, 0.25) is 0 Å². The summed E-state index contributed by atoms with van der Waals surface area (Å²) in [4.78, 5) is 9.76. The lowest BCUT2D eigenvalue weighted by Gasteiger charge is -2.02. The van der Waals surface area contributed by atoms with Gasteiger partial charge in [-0.15, -0.1) is 0 Å². The van der Waals surface area contributed by atoms with Gasteiger partial charge >= 0.3 is 5.69 Å². The molecule has 2 aromatic carbocycles. The van der Waals surface area contributed by atoms with Gasteiger partial charge in [-0.05, 0) is 18.2 Å². The number of nitro benzene ring substituents is 1. The normalized spacial score (nSPS) is 9.36. The Morgan fingerprint density at radius 2 is 1.50 bits per heavy atom. The summed E-state index contributed by atoms with van der Waals surface area (Å²) in [6, 6.07) is 8.19. The Kier molecular flexibility index (Phi) is 5.82. The maximum Gasteiger partial charge on any atom is 0.311 e. The summed E-state index contributed by atoms with van der Waals surface area (Å²) in [6.45, 7) is 0. The molecule has 0 amide bonds. The highest BCUT2D eigenvalue weighted by molar-refractivity contribution is 5.55. The molecular formula is C14H16N2O6. The van der Waals surface area contributed by atoms with Crippen LogP contribution < -0.4 is 15.2 Å². The molecule has 2 rings (SSSR count). The molecule has 0 bridgehead atoms. The molecule has 2 aromatic rings.